The van der Waals surface area contributed by atoms with Crippen LogP contribution in [0.4, 0.5) is 5.69 Å². The summed E-state index contributed by atoms with van der Waals surface area (Å²) < 4.78 is 7.78. The number of aromatic nitrogens is 3. The summed E-state index contributed by atoms with van der Waals surface area (Å²) in [4.78, 5) is 34.7. The Morgan fingerprint density at radius 2 is 2.00 bits per heavy atom. The largest absolute Gasteiger partial charge is 0.442 e. The Kier molecular flexibility index (Phi) is 4.78. The summed E-state index contributed by atoms with van der Waals surface area (Å²) in [5, 5.41) is 5.02. The van der Waals surface area contributed by atoms with Crippen molar-refractivity contribution >= 4 is 45.8 Å². The molecular formula is C19H16N4O3S2. The molecule has 1 amide bonds. The lowest BCUT2D eigenvalue weighted by Gasteiger charge is -2.06. The van der Waals surface area contributed by atoms with Gasteiger partial charge in [0.15, 0.2) is 4.34 Å². The van der Waals surface area contributed by atoms with Gasteiger partial charge in [0.1, 0.15) is 17.5 Å². The summed E-state index contributed by atoms with van der Waals surface area (Å²) in [5.41, 5.74) is 1.67. The third-order valence-corrected chi connectivity index (χ3v) is 6.15. The van der Waals surface area contributed by atoms with Gasteiger partial charge in [0.2, 0.25) is 5.71 Å². The van der Waals surface area contributed by atoms with Crippen molar-refractivity contribution < 1.29 is 9.21 Å². The monoisotopic (exact) mass is 412 g/mol. The molecule has 9 heteroatoms. The van der Waals surface area contributed by atoms with Crippen LogP contribution < -0.4 is 10.9 Å². The molecule has 3 aromatic heterocycles. The van der Waals surface area contributed by atoms with E-state index in [-0.39, 0.29) is 22.2 Å². The molecule has 4 rings (SSSR count). The zero-order valence-electron chi connectivity index (χ0n) is 15.3. The summed E-state index contributed by atoms with van der Waals surface area (Å²) in [6, 6.07) is 7.46. The molecule has 0 unspecified atom stereocenters. The molecule has 0 radical (unpaired) electrons. The fourth-order valence-corrected chi connectivity index (χ4v) is 4.55. The summed E-state index contributed by atoms with van der Waals surface area (Å²) in [5.74, 6) is -0.0492. The number of carbonyl (C=O) groups is 1. The molecule has 0 spiro atoms. The van der Waals surface area contributed by atoms with E-state index in [1.165, 1.54) is 10.9 Å². The van der Waals surface area contributed by atoms with Crippen molar-refractivity contribution in [2.45, 2.75) is 23.1 Å². The van der Waals surface area contributed by atoms with E-state index in [4.69, 9.17) is 4.42 Å². The van der Waals surface area contributed by atoms with Gasteiger partial charge < -0.3 is 14.3 Å². The normalized spacial score (nSPS) is 11.1. The van der Waals surface area contributed by atoms with Crippen LogP contribution in [0.3, 0.4) is 0 Å². The first kappa shape index (κ1) is 18.5. The van der Waals surface area contributed by atoms with Gasteiger partial charge in [-0.2, -0.15) is 0 Å². The van der Waals surface area contributed by atoms with E-state index in [2.05, 4.69) is 15.3 Å². The van der Waals surface area contributed by atoms with E-state index in [0.717, 1.165) is 14.9 Å². The lowest BCUT2D eigenvalue weighted by molar-refractivity contribution is 0.102. The van der Waals surface area contributed by atoms with E-state index in [1.807, 2.05) is 36.6 Å². The number of carbonyl (C=O) groups excluding carboxylic acids is 1. The third-order valence-electron chi connectivity index (χ3n) is 4.09. The van der Waals surface area contributed by atoms with Gasteiger partial charge in [-0.15, -0.1) is 11.3 Å². The molecule has 3 heterocycles. The zero-order valence-corrected chi connectivity index (χ0v) is 17.0. The first-order valence-electron chi connectivity index (χ1n) is 8.38. The van der Waals surface area contributed by atoms with Crippen LogP contribution in [0.5, 0.6) is 0 Å². The number of aryl methyl sites for hydroxylation is 3. The smallest absolute Gasteiger partial charge is 0.265 e. The molecule has 1 aromatic carbocycles. The van der Waals surface area contributed by atoms with Gasteiger partial charge in [0, 0.05) is 28.7 Å². The average Bonchev–Trinajstić information content (AvgIpc) is 3.22. The van der Waals surface area contributed by atoms with Gasteiger partial charge in [-0.25, -0.2) is 9.97 Å². The highest BCUT2D eigenvalue weighted by Crippen LogP contribution is 2.31. The van der Waals surface area contributed by atoms with Crippen molar-refractivity contribution in [2.75, 3.05) is 5.32 Å². The van der Waals surface area contributed by atoms with Gasteiger partial charge in [0.05, 0.1) is 5.56 Å². The Morgan fingerprint density at radius 1 is 1.25 bits per heavy atom. The topological polar surface area (TPSA) is 90.0 Å². The number of hydrogen-bond acceptors (Lipinski definition) is 7. The van der Waals surface area contributed by atoms with Crippen LogP contribution in [0.15, 0.2) is 54.4 Å². The second-order valence-corrected chi connectivity index (χ2v) is 8.39. The molecule has 0 saturated carbocycles. The minimum atomic E-state index is -0.405. The number of nitrogens with zero attached hydrogens (tertiary/aromatic N) is 3. The second-order valence-electron chi connectivity index (χ2n) is 6.21. The minimum absolute atomic E-state index is 0.163. The fourth-order valence-electron chi connectivity index (χ4n) is 2.74. The highest BCUT2D eigenvalue weighted by Gasteiger charge is 2.22. The number of furan rings is 1. The van der Waals surface area contributed by atoms with Crippen LogP contribution in [0.25, 0.3) is 11.1 Å². The van der Waals surface area contributed by atoms with Crippen LogP contribution in [0.2, 0.25) is 0 Å². The number of benzene rings is 1. The Bertz CT molecular complexity index is 1240. The highest BCUT2D eigenvalue weighted by molar-refractivity contribution is 8.01. The molecule has 0 aliphatic carbocycles. The molecule has 1 N–H and O–H groups in total. The number of nitrogens with one attached hydrogen (secondary N) is 1. The Labute approximate surface area is 168 Å². The molecule has 4 aromatic rings. The first-order chi connectivity index (χ1) is 13.4. The van der Waals surface area contributed by atoms with Crippen LogP contribution in [-0.4, -0.2) is 20.4 Å². The van der Waals surface area contributed by atoms with Crippen molar-refractivity contribution in [1.82, 2.24) is 14.5 Å². The van der Waals surface area contributed by atoms with Crippen LogP contribution >= 0.6 is 23.1 Å². The molecule has 28 heavy (non-hydrogen) atoms. The number of amides is 1. The molecule has 0 aliphatic rings. The van der Waals surface area contributed by atoms with Crippen molar-refractivity contribution in [2.24, 2.45) is 7.05 Å². The minimum Gasteiger partial charge on any atom is -0.442 e. The molecule has 0 atom stereocenters. The second kappa shape index (κ2) is 7.25. The van der Waals surface area contributed by atoms with Gasteiger partial charge in [-0.1, -0.05) is 11.8 Å². The maximum atomic E-state index is 12.8. The molecule has 0 fully saturated rings. The number of thiazole rings is 1. The van der Waals surface area contributed by atoms with Gasteiger partial charge >= 0.3 is 0 Å². The Balaban J connectivity index is 1.57. The molecule has 142 valence electrons. The number of fused-ring (bicyclic) bond motifs is 1. The van der Waals surface area contributed by atoms with Crippen LogP contribution in [0, 0.1) is 13.8 Å². The zero-order chi connectivity index (χ0) is 19.8. The number of hydrogen-bond donors (Lipinski definition) is 1. The van der Waals surface area contributed by atoms with Crippen molar-refractivity contribution in [3.8, 4) is 0 Å². The Morgan fingerprint density at radius 3 is 2.68 bits per heavy atom. The predicted molar refractivity (Wildman–Crippen MR) is 109 cm³/mol. The molecule has 7 nitrogen and oxygen atoms in total. The highest BCUT2D eigenvalue weighted by atomic mass is 32.2. The fraction of sp³-hybridized carbons (Fsp3) is 0.158. The summed E-state index contributed by atoms with van der Waals surface area (Å²) in [7, 11) is 1.58. The number of rotatable bonds is 4. The molecule has 0 saturated heterocycles. The van der Waals surface area contributed by atoms with Crippen molar-refractivity contribution in [1.29, 1.82) is 0 Å². The summed E-state index contributed by atoms with van der Waals surface area (Å²) in [6.07, 6.45) is 1.37. The van der Waals surface area contributed by atoms with Gasteiger partial charge in [-0.05, 0) is 38.1 Å². The van der Waals surface area contributed by atoms with Crippen molar-refractivity contribution in [3.63, 3.8) is 0 Å². The lowest BCUT2D eigenvalue weighted by Crippen LogP contribution is -2.20. The SMILES string of the molecule is Cc1csc(Sc2ccc(NC(=O)c3c(C)oc4ncn(C)c(=O)c34)cc2)n1. The Hall–Kier alpha value is -2.91. The van der Waals surface area contributed by atoms with E-state index in [0.29, 0.717) is 11.4 Å². The maximum Gasteiger partial charge on any atom is 0.265 e. The van der Waals surface area contributed by atoms with E-state index >= 15 is 0 Å². The van der Waals surface area contributed by atoms with E-state index < -0.39 is 5.91 Å². The van der Waals surface area contributed by atoms with E-state index in [9.17, 15) is 9.59 Å². The standard InChI is InChI=1S/C19H16N4O3S2/c1-10-8-27-19(21-10)28-13-6-4-12(5-7-13)22-16(24)14-11(2)26-17-15(14)18(25)23(3)9-20-17/h4-9H,1-3H3,(H,22,24). The summed E-state index contributed by atoms with van der Waals surface area (Å²) in [6.45, 7) is 3.61. The molecular weight excluding hydrogens is 396 g/mol. The van der Waals surface area contributed by atoms with Gasteiger partial charge in [0.25, 0.3) is 11.5 Å². The molecule has 0 aliphatic heterocycles. The number of anilines is 1. The first-order valence-corrected chi connectivity index (χ1v) is 10.1. The van der Waals surface area contributed by atoms with E-state index in [1.54, 1.807) is 37.1 Å². The maximum absolute atomic E-state index is 12.8. The van der Waals surface area contributed by atoms with Gasteiger partial charge in [-0.3, -0.25) is 9.59 Å². The van der Waals surface area contributed by atoms with Crippen LogP contribution in [0.1, 0.15) is 21.8 Å². The predicted octanol–water partition coefficient (Wildman–Crippen LogP) is 4.00. The quantitative estimate of drug-likeness (QED) is 0.545. The average molecular weight is 412 g/mol. The summed E-state index contributed by atoms with van der Waals surface area (Å²) >= 11 is 3.17. The van der Waals surface area contributed by atoms with Crippen molar-refractivity contribution in [3.05, 3.63) is 63.3 Å². The van der Waals surface area contributed by atoms with Crippen LogP contribution in [-0.2, 0) is 7.05 Å². The lowest BCUT2D eigenvalue weighted by atomic mass is 10.1. The molecule has 0 bridgehead atoms. The third kappa shape index (κ3) is 3.46.